The van der Waals surface area contributed by atoms with Crippen molar-refractivity contribution in [3.8, 4) is 5.69 Å². The summed E-state index contributed by atoms with van der Waals surface area (Å²) in [5, 5.41) is 11.6. The van der Waals surface area contributed by atoms with E-state index in [9.17, 15) is 4.79 Å². The van der Waals surface area contributed by atoms with E-state index in [0.717, 1.165) is 11.3 Å². The Bertz CT molecular complexity index is 862. The summed E-state index contributed by atoms with van der Waals surface area (Å²) in [6.45, 7) is 3.69. The van der Waals surface area contributed by atoms with Gasteiger partial charge >= 0.3 is 0 Å². The molecule has 122 valence electrons. The number of carbonyl (C=O) groups is 1. The summed E-state index contributed by atoms with van der Waals surface area (Å²) in [4.78, 5) is 16.5. The zero-order valence-electron chi connectivity index (χ0n) is 13.3. The first kappa shape index (κ1) is 16.1. The number of benzene rings is 1. The highest BCUT2D eigenvalue weighted by Gasteiger charge is 2.19. The van der Waals surface area contributed by atoms with Crippen molar-refractivity contribution in [2.24, 2.45) is 0 Å². The third-order valence-corrected chi connectivity index (χ3v) is 3.93. The van der Waals surface area contributed by atoms with E-state index >= 15 is 0 Å². The lowest BCUT2D eigenvalue weighted by molar-refractivity contribution is 0.0934. The number of halogens is 1. The predicted octanol–water partition coefficient (Wildman–Crippen LogP) is 3.12. The van der Waals surface area contributed by atoms with Crippen molar-refractivity contribution in [2.75, 3.05) is 0 Å². The second-order valence-electron chi connectivity index (χ2n) is 5.40. The zero-order chi connectivity index (χ0) is 17.1. The van der Waals surface area contributed by atoms with Crippen LogP contribution in [0.3, 0.4) is 0 Å². The lowest BCUT2D eigenvalue weighted by atomic mass is 10.1. The van der Waals surface area contributed by atoms with Gasteiger partial charge in [-0.15, -0.1) is 5.10 Å². The SMILES string of the molecule is Cc1c(C(=O)NC(C)c2cccnc2)nnn1-c1cccc(Cl)c1. The molecule has 0 aliphatic heterocycles. The fourth-order valence-corrected chi connectivity index (χ4v) is 2.56. The number of rotatable bonds is 4. The van der Waals surface area contributed by atoms with Gasteiger partial charge in [-0.2, -0.15) is 0 Å². The van der Waals surface area contributed by atoms with E-state index in [1.807, 2.05) is 31.2 Å². The standard InChI is InChI=1S/C17H16ClN5O/c1-11(13-5-4-8-19-10-13)20-17(24)16-12(2)23(22-21-16)15-7-3-6-14(18)9-15/h3-11H,1-2H3,(H,20,24). The normalized spacial score (nSPS) is 12.0. The van der Waals surface area contributed by atoms with Gasteiger partial charge in [0, 0.05) is 17.4 Å². The Morgan fingerprint density at radius 2 is 2.12 bits per heavy atom. The van der Waals surface area contributed by atoms with Gasteiger partial charge in [-0.3, -0.25) is 9.78 Å². The summed E-state index contributed by atoms with van der Waals surface area (Å²) in [5.41, 5.74) is 2.61. The molecular formula is C17H16ClN5O. The molecule has 1 unspecified atom stereocenters. The Morgan fingerprint density at radius 1 is 1.29 bits per heavy atom. The van der Waals surface area contributed by atoms with Crippen molar-refractivity contribution in [1.29, 1.82) is 0 Å². The Labute approximate surface area is 144 Å². The van der Waals surface area contributed by atoms with E-state index in [4.69, 9.17) is 11.6 Å². The molecule has 1 N–H and O–H groups in total. The maximum absolute atomic E-state index is 12.5. The summed E-state index contributed by atoms with van der Waals surface area (Å²) in [6, 6.07) is 10.8. The minimum absolute atomic E-state index is 0.179. The van der Waals surface area contributed by atoms with E-state index in [2.05, 4.69) is 20.6 Å². The highest BCUT2D eigenvalue weighted by Crippen LogP contribution is 2.17. The maximum Gasteiger partial charge on any atom is 0.274 e. The minimum atomic E-state index is -0.280. The van der Waals surface area contributed by atoms with Crippen molar-refractivity contribution < 1.29 is 4.79 Å². The van der Waals surface area contributed by atoms with Crippen LogP contribution >= 0.6 is 11.6 Å². The lowest BCUT2D eigenvalue weighted by Crippen LogP contribution is -2.27. The van der Waals surface area contributed by atoms with Crippen LogP contribution in [-0.4, -0.2) is 25.9 Å². The molecule has 2 aromatic heterocycles. The fourth-order valence-electron chi connectivity index (χ4n) is 2.37. The van der Waals surface area contributed by atoms with Crippen molar-refractivity contribution in [3.05, 3.63) is 70.8 Å². The van der Waals surface area contributed by atoms with Crippen molar-refractivity contribution in [2.45, 2.75) is 19.9 Å². The number of carbonyl (C=O) groups excluding carboxylic acids is 1. The van der Waals surface area contributed by atoms with E-state index < -0.39 is 0 Å². The van der Waals surface area contributed by atoms with E-state index in [-0.39, 0.29) is 17.6 Å². The smallest absolute Gasteiger partial charge is 0.274 e. The molecule has 0 aliphatic carbocycles. The lowest BCUT2D eigenvalue weighted by Gasteiger charge is -2.13. The van der Waals surface area contributed by atoms with Gasteiger partial charge in [0.25, 0.3) is 5.91 Å². The van der Waals surface area contributed by atoms with Gasteiger partial charge < -0.3 is 5.32 Å². The van der Waals surface area contributed by atoms with Gasteiger partial charge in [0.15, 0.2) is 5.69 Å². The number of amides is 1. The number of aromatic nitrogens is 4. The molecule has 0 bridgehead atoms. The number of hydrogen-bond acceptors (Lipinski definition) is 4. The fraction of sp³-hybridized carbons (Fsp3) is 0.176. The van der Waals surface area contributed by atoms with Crippen molar-refractivity contribution in [3.63, 3.8) is 0 Å². The summed E-state index contributed by atoms with van der Waals surface area (Å²) in [5.74, 6) is -0.280. The molecule has 6 nitrogen and oxygen atoms in total. The Kier molecular flexibility index (Phi) is 4.57. The minimum Gasteiger partial charge on any atom is -0.344 e. The van der Waals surface area contributed by atoms with Gasteiger partial charge in [-0.1, -0.05) is 28.9 Å². The quantitative estimate of drug-likeness (QED) is 0.791. The molecule has 3 aromatic rings. The molecule has 0 saturated carbocycles. The van der Waals surface area contributed by atoms with Gasteiger partial charge in [0.2, 0.25) is 0 Å². The summed E-state index contributed by atoms with van der Waals surface area (Å²) >= 11 is 6.01. The van der Waals surface area contributed by atoms with E-state index in [0.29, 0.717) is 10.7 Å². The van der Waals surface area contributed by atoms with Crippen LogP contribution in [0.4, 0.5) is 0 Å². The van der Waals surface area contributed by atoms with Crippen LogP contribution < -0.4 is 5.32 Å². The molecule has 2 heterocycles. The van der Waals surface area contributed by atoms with Crippen molar-refractivity contribution >= 4 is 17.5 Å². The number of nitrogens with one attached hydrogen (secondary N) is 1. The monoisotopic (exact) mass is 341 g/mol. The second-order valence-corrected chi connectivity index (χ2v) is 5.83. The first-order chi connectivity index (χ1) is 11.6. The molecule has 3 rings (SSSR count). The maximum atomic E-state index is 12.5. The number of nitrogens with zero attached hydrogens (tertiary/aromatic N) is 4. The van der Waals surface area contributed by atoms with Crippen LogP contribution in [0.5, 0.6) is 0 Å². The number of hydrogen-bond donors (Lipinski definition) is 1. The van der Waals surface area contributed by atoms with Gasteiger partial charge in [-0.05, 0) is 43.7 Å². The van der Waals surface area contributed by atoms with E-state index in [1.54, 1.807) is 36.1 Å². The Morgan fingerprint density at radius 3 is 2.83 bits per heavy atom. The third kappa shape index (κ3) is 3.28. The number of pyridine rings is 1. The molecular weight excluding hydrogens is 326 g/mol. The van der Waals surface area contributed by atoms with Crippen LogP contribution in [0, 0.1) is 6.92 Å². The molecule has 1 amide bonds. The first-order valence-electron chi connectivity index (χ1n) is 7.45. The van der Waals surface area contributed by atoms with E-state index in [1.165, 1.54) is 0 Å². The predicted molar refractivity (Wildman–Crippen MR) is 91.2 cm³/mol. The first-order valence-corrected chi connectivity index (χ1v) is 7.83. The second kappa shape index (κ2) is 6.80. The molecule has 0 saturated heterocycles. The zero-order valence-corrected chi connectivity index (χ0v) is 14.0. The molecule has 1 atom stereocenters. The molecule has 1 aromatic carbocycles. The third-order valence-electron chi connectivity index (χ3n) is 3.69. The Hall–Kier alpha value is -2.73. The Balaban J connectivity index is 1.82. The van der Waals surface area contributed by atoms with Crippen molar-refractivity contribution in [1.82, 2.24) is 25.3 Å². The van der Waals surface area contributed by atoms with Crippen LogP contribution in [0.25, 0.3) is 5.69 Å². The summed E-state index contributed by atoms with van der Waals surface area (Å²) < 4.78 is 1.59. The topological polar surface area (TPSA) is 72.7 Å². The average Bonchev–Trinajstić information content (AvgIpc) is 2.97. The van der Waals surface area contributed by atoms with Gasteiger partial charge in [-0.25, -0.2) is 4.68 Å². The molecule has 0 spiro atoms. The largest absolute Gasteiger partial charge is 0.344 e. The van der Waals surface area contributed by atoms with Crippen LogP contribution in [-0.2, 0) is 0 Å². The molecule has 0 fully saturated rings. The molecule has 0 aliphatic rings. The molecule has 7 heteroatoms. The highest BCUT2D eigenvalue weighted by atomic mass is 35.5. The van der Waals surface area contributed by atoms with Crippen LogP contribution in [0.1, 0.15) is 34.7 Å². The van der Waals surface area contributed by atoms with Gasteiger partial charge in [0.1, 0.15) is 0 Å². The summed E-state index contributed by atoms with van der Waals surface area (Å²) in [6.07, 6.45) is 3.42. The van der Waals surface area contributed by atoms with Gasteiger partial charge in [0.05, 0.1) is 17.4 Å². The molecule has 24 heavy (non-hydrogen) atoms. The highest BCUT2D eigenvalue weighted by molar-refractivity contribution is 6.30. The molecule has 0 radical (unpaired) electrons. The van der Waals surface area contributed by atoms with Crippen LogP contribution in [0.2, 0.25) is 5.02 Å². The average molecular weight is 342 g/mol. The summed E-state index contributed by atoms with van der Waals surface area (Å²) in [7, 11) is 0. The van der Waals surface area contributed by atoms with Crippen LogP contribution in [0.15, 0.2) is 48.8 Å².